The number of anilines is 3. The van der Waals surface area contributed by atoms with Gasteiger partial charge in [-0.15, -0.1) is 0 Å². The second-order valence-corrected chi connectivity index (χ2v) is 13.5. The molecule has 8 aromatic rings. The summed E-state index contributed by atoms with van der Waals surface area (Å²) in [6.07, 6.45) is 1.86. The molecule has 0 amide bonds. The van der Waals surface area contributed by atoms with Crippen molar-refractivity contribution in [2.75, 3.05) is 4.90 Å². The van der Waals surface area contributed by atoms with Crippen molar-refractivity contribution >= 4 is 28.1 Å². The summed E-state index contributed by atoms with van der Waals surface area (Å²) in [7, 11) is 0. The molecule has 6 aromatic carbocycles. The van der Waals surface area contributed by atoms with E-state index in [4.69, 9.17) is 19.9 Å². The molecule has 2 aromatic heterocycles. The number of benzene rings is 6. The van der Waals surface area contributed by atoms with E-state index < -0.39 is 0 Å². The Morgan fingerprint density at radius 1 is 0.500 bits per heavy atom. The zero-order valence-corrected chi connectivity index (χ0v) is 27.7. The maximum Gasteiger partial charge on any atom is 0.238 e. The summed E-state index contributed by atoms with van der Waals surface area (Å²) in [4.78, 5) is 22.7. The predicted octanol–water partition coefficient (Wildman–Crippen LogP) is 11.2. The van der Waals surface area contributed by atoms with Gasteiger partial charge in [0.2, 0.25) is 5.95 Å². The summed E-state index contributed by atoms with van der Waals surface area (Å²) < 4.78 is 0. The van der Waals surface area contributed by atoms with Crippen molar-refractivity contribution in [3.63, 3.8) is 0 Å². The summed E-state index contributed by atoms with van der Waals surface area (Å²) >= 11 is 0. The van der Waals surface area contributed by atoms with Crippen molar-refractivity contribution in [1.29, 1.82) is 0 Å². The number of pyridine rings is 1. The Bertz CT molecular complexity index is 2560. The van der Waals surface area contributed by atoms with Gasteiger partial charge in [-0.2, -0.15) is 9.97 Å². The standard InChI is InChI=1S/C45H31N5/c1-45(2)35-20-10-9-18-34(35)40-36(45)26-25-33-32-24-23-30(37-21-11-12-27-46-37)31-19-13-22-38(39(31)32)50(41(33)40)44-48-42(28-14-5-3-6-15-28)47-43(49-44)29-16-7-4-8-17-29/h3-27H,1-2H3. The number of hydrogen-bond donors (Lipinski definition) is 0. The lowest BCUT2D eigenvalue weighted by Gasteiger charge is -2.35. The van der Waals surface area contributed by atoms with Gasteiger partial charge in [-0.3, -0.25) is 9.88 Å². The highest BCUT2D eigenvalue weighted by atomic mass is 15.3. The van der Waals surface area contributed by atoms with E-state index in [1.807, 2.05) is 54.7 Å². The van der Waals surface area contributed by atoms with E-state index >= 15 is 0 Å². The highest BCUT2D eigenvalue weighted by Gasteiger charge is 2.41. The molecular weight excluding hydrogens is 611 g/mol. The van der Waals surface area contributed by atoms with E-state index in [-0.39, 0.29) is 5.41 Å². The first-order valence-electron chi connectivity index (χ1n) is 17.0. The summed E-state index contributed by atoms with van der Waals surface area (Å²) in [5, 5.41) is 2.28. The average Bonchev–Trinajstić information content (AvgIpc) is 3.42. The van der Waals surface area contributed by atoms with Crippen LogP contribution in [0.1, 0.15) is 25.0 Å². The first-order valence-corrected chi connectivity index (χ1v) is 17.0. The molecule has 3 heterocycles. The fraction of sp³-hybridized carbons (Fsp3) is 0.0667. The molecule has 5 heteroatoms. The van der Waals surface area contributed by atoms with Crippen LogP contribution in [0.15, 0.2) is 152 Å². The van der Waals surface area contributed by atoms with Crippen molar-refractivity contribution in [3.05, 3.63) is 163 Å². The van der Waals surface area contributed by atoms with Gasteiger partial charge < -0.3 is 0 Å². The third-order valence-corrected chi connectivity index (χ3v) is 10.3. The molecule has 2 aliphatic rings. The molecule has 1 aliphatic heterocycles. The fourth-order valence-electron chi connectivity index (χ4n) is 7.99. The van der Waals surface area contributed by atoms with Crippen LogP contribution >= 0.6 is 0 Å². The first kappa shape index (κ1) is 28.5. The molecule has 0 bridgehead atoms. The normalized spacial score (nSPS) is 13.5. The molecule has 0 unspecified atom stereocenters. The summed E-state index contributed by atoms with van der Waals surface area (Å²) in [6.45, 7) is 4.66. The molecule has 236 valence electrons. The van der Waals surface area contributed by atoms with Gasteiger partial charge in [0.15, 0.2) is 11.6 Å². The summed E-state index contributed by atoms with van der Waals surface area (Å²) in [6, 6.07) is 51.0. The van der Waals surface area contributed by atoms with Crippen LogP contribution in [0, 0.1) is 0 Å². The van der Waals surface area contributed by atoms with Crippen LogP contribution in [0.2, 0.25) is 0 Å². The topological polar surface area (TPSA) is 54.8 Å². The number of hydrogen-bond acceptors (Lipinski definition) is 5. The second-order valence-electron chi connectivity index (χ2n) is 13.5. The Kier molecular flexibility index (Phi) is 6.15. The van der Waals surface area contributed by atoms with Gasteiger partial charge in [0.05, 0.1) is 17.1 Å². The maximum absolute atomic E-state index is 5.30. The molecule has 50 heavy (non-hydrogen) atoms. The minimum atomic E-state index is -0.175. The van der Waals surface area contributed by atoms with Crippen LogP contribution in [0.4, 0.5) is 17.3 Å². The molecule has 1 aliphatic carbocycles. The predicted molar refractivity (Wildman–Crippen MR) is 203 cm³/mol. The highest BCUT2D eigenvalue weighted by Crippen LogP contribution is 2.60. The van der Waals surface area contributed by atoms with E-state index in [9.17, 15) is 0 Å². The van der Waals surface area contributed by atoms with E-state index in [1.54, 1.807) is 0 Å². The molecule has 5 nitrogen and oxygen atoms in total. The molecule has 0 saturated carbocycles. The third kappa shape index (κ3) is 4.13. The molecule has 10 rings (SSSR count). The Balaban J connectivity index is 1.34. The second kappa shape index (κ2) is 10.8. The Morgan fingerprint density at radius 2 is 1.16 bits per heavy atom. The molecule has 0 atom stereocenters. The molecular formula is C45H31N5. The molecule has 0 fully saturated rings. The zero-order chi connectivity index (χ0) is 33.4. The van der Waals surface area contributed by atoms with Gasteiger partial charge in [-0.25, -0.2) is 4.98 Å². The average molecular weight is 642 g/mol. The maximum atomic E-state index is 5.30. The molecule has 0 saturated heterocycles. The lowest BCUT2D eigenvalue weighted by molar-refractivity contribution is 0.660. The van der Waals surface area contributed by atoms with Crippen molar-refractivity contribution < 1.29 is 0 Å². The van der Waals surface area contributed by atoms with E-state index in [1.165, 1.54) is 27.8 Å². The van der Waals surface area contributed by atoms with Gasteiger partial charge >= 0.3 is 0 Å². The Hall–Kier alpha value is -6.46. The number of fused-ring (bicyclic) bond motifs is 6. The van der Waals surface area contributed by atoms with Crippen LogP contribution in [0.3, 0.4) is 0 Å². The van der Waals surface area contributed by atoms with Crippen LogP contribution in [0.5, 0.6) is 0 Å². The summed E-state index contributed by atoms with van der Waals surface area (Å²) in [5.74, 6) is 1.84. The SMILES string of the molecule is CC1(C)c2ccccc2-c2c1ccc1c2N(c2nc(-c3ccccc3)nc(-c3ccccc3)n2)c2cccc3c(-c4ccccn4)ccc-1c23. The van der Waals surface area contributed by atoms with Crippen LogP contribution in [-0.2, 0) is 5.41 Å². The van der Waals surface area contributed by atoms with Gasteiger partial charge in [0, 0.05) is 44.8 Å². The minimum absolute atomic E-state index is 0.175. The molecule has 0 radical (unpaired) electrons. The summed E-state index contributed by atoms with van der Waals surface area (Å²) in [5.41, 5.74) is 13.3. The number of nitrogens with zero attached hydrogens (tertiary/aromatic N) is 5. The molecule has 0 N–H and O–H groups in total. The largest absolute Gasteiger partial charge is 0.277 e. The first-order chi connectivity index (χ1) is 24.6. The van der Waals surface area contributed by atoms with E-state index in [2.05, 4.69) is 116 Å². The Labute approximate surface area is 290 Å². The monoisotopic (exact) mass is 641 g/mol. The van der Waals surface area contributed by atoms with Crippen LogP contribution in [-0.4, -0.2) is 19.9 Å². The van der Waals surface area contributed by atoms with Crippen molar-refractivity contribution in [1.82, 2.24) is 19.9 Å². The Morgan fingerprint density at radius 3 is 1.88 bits per heavy atom. The van der Waals surface area contributed by atoms with Crippen LogP contribution < -0.4 is 4.90 Å². The van der Waals surface area contributed by atoms with Gasteiger partial charge in [0.25, 0.3) is 0 Å². The quantitative estimate of drug-likeness (QED) is 0.191. The zero-order valence-electron chi connectivity index (χ0n) is 27.7. The van der Waals surface area contributed by atoms with Gasteiger partial charge in [0.1, 0.15) is 0 Å². The van der Waals surface area contributed by atoms with Crippen molar-refractivity contribution in [3.8, 4) is 56.3 Å². The minimum Gasteiger partial charge on any atom is -0.277 e. The van der Waals surface area contributed by atoms with Crippen LogP contribution in [0.25, 0.3) is 67.1 Å². The third-order valence-electron chi connectivity index (χ3n) is 10.3. The number of rotatable bonds is 4. The van der Waals surface area contributed by atoms with E-state index in [0.717, 1.165) is 50.1 Å². The van der Waals surface area contributed by atoms with Crippen molar-refractivity contribution in [2.24, 2.45) is 0 Å². The number of aromatic nitrogens is 4. The van der Waals surface area contributed by atoms with Gasteiger partial charge in [-0.1, -0.05) is 141 Å². The molecule has 0 spiro atoms. The lowest BCUT2D eigenvalue weighted by Crippen LogP contribution is -2.21. The smallest absolute Gasteiger partial charge is 0.238 e. The van der Waals surface area contributed by atoms with Crippen molar-refractivity contribution in [2.45, 2.75) is 19.3 Å². The van der Waals surface area contributed by atoms with Gasteiger partial charge in [-0.05, 0) is 45.8 Å². The lowest BCUT2D eigenvalue weighted by atomic mass is 9.81. The fourth-order valence-corrected chi connectivity index (χ4v) is 7.99. The highest BCUT2D eigenvalue weighted by molar-refractivity contribution is 6.19. The van der Waals surface area contributed by atoms with E-state index in [0.29, 0.717) is 17.6 Å².